The fourth-order valence-electron chi connectivity index (χ4n) is 4.62. The van der Waals surface area contributed by atoms with E-state index in [1.54, 1.807) is 24.5 Å². The Morgan fingerprint density at radius 1 is 1.19 bits per heavy atom. The largest absolute Gasteiger partial charge is 0.487 e. The van der Waals surface area contributed by atoms with Gasteiger partial charge in [-0.25, -0.2) is 4.98 Å². The van der Waals surface area contributed by atoms with Crippen molar-refractivity contribution in [3.05, 3.63) is 71.2 Å². The van der Waals surface area contributed by atoms with Gasteiger partial charge in [0.25, 0.3) is 5.91 Å². The zero-order valence-corrected chi connectivity index (χ0v) is 20.7. The molecule has 1 amide bonds. The van der Waals surface area contributed by atoms with Crippen molar-refractivity contribution in [2.75, 3.05) is 25.0 Å². The molecule has 2 aromatic heterocycles. The summed E-state index contributed by atoms with van der Waals surface area (Å²) in [6.45, 7) is 2.81. The van der Waals surface area contributed by atoms with Crippen molar-refractivity contribution in [2.45, 2.75) is 51.0 Å². The SMILES string of the molecule is Cn1nccc1COc1ccc2c(c1)CCN(C[C@@H](O)CNC(=O)c1ccnc(NC3CCC3)c1)C2. The van der Waals surface area contributed by atoms with Gasteiger partial charge in [-0.15, -0.1) is 0 Å². The van der Waals surface area contributed by atoms with Crippen LogP contribution in [-0.2, 0) is 26.6 Å². The molecule has 190 valence electrons. The van der Waals surface area contributed by atoms with Gasteiger partial charge in [0.2, 0.25) is 0 Å². The van der Waals surface area contributed by atoms with E-state index in [0.717, 1.165) is 49.6 Å². The molecule has 1 aliphatic carbocycles. The second-order valence-corrected chi connectivity index (χ2v) is 9.72. The van der Waals surface area contributed by atoms with Crippen molar-refractivity contribution >= 4 is 11.7 Å². The number of nitrogens with one attached hydrogen (secondary N) is 2. The molecule has 2 aliphatic rings. The summed E-state index contributed by atoms with van der Waals surface area (Å²) < 4.78 is 7.76. The smallest absolute Gasteiger partial charge is 0.251 e. The molecule has 1 fully saturated rings. The summed E-state index contributed by atoms with van der Waals surface area (Å²) in [5.74, 6) is 1.38. The highest BCUT2D eigenvalue weighted by molar-refractivity contribution is 5.94. The standard InChI is InChI=1S/C27H34N6O3/c1-32-23(8-11-30-32)18-36-25-6-5-21-16-33(12-9-19(21)13-25)17-24(34)15-29-27(35)20-7-10-28-26(14-20)31-22-3-2-4-22/h5-8,10-11,13-14,22,24,34H,2-4,9,12,15-18H2,1H3,(H,28,31)(H,29,35)/t24-/m0/s1. The molecule has 0 saturated heterocycles. The molecule has 3 N–H and O–H groups in total. The highest BCUT2D eigenvalue weighted by atomic mass is 16.5. The Morgan fingerprint density at radius 3 is 2.86 bits per heavy atom. The number of benzene rings is 1. The molecule has 5 rings (SSSR count). The Hall–Kier alpha value is -3.43. The predicted molar refractivity (Wildman–Crippen MR) is 137 cm³/mol. The van der Waals surface area contributed by atoms with Crippen LogP contribution in [0.4, 0.5) is 5.82 Å². The lowest BCUT2D eigenvalue weighted by Gasteiger charge is -2.30. The molecule has 1 aromatic carbocycles. The zero-order chi connectivity index (χ0) is 24.9. The number of hydrogen-bond acceptors (Lipinski definition) is 7. The number of ether oxygens (including phenoxy) is 1. The van der Waals surface area contributed by atoms with Gasteiger partial charge in [-0.2, -0.15) is 5.10 Å². The molecular formula is C27H34N6O3. The number of aliphatic hydroxyl groups excluding tert-OH is 1. The zero-order valence-electron chi connectivity index (χ0n) is 20.7. The molecule has 0 unspecified atom stereocenters. The number of aliphatic hydroxyl groups is 1. The van der Waals surface area contributed by atoms with Gasteiger partial charge in [0, 0.05) is 57.2 Å². The van der Waals surface area contributed by atoms with Crippen molar-refractivity contribution in [1.29, 1.82) is 0 Å². The van der Waals surface area contributed by atoms with Crippen LogP contribution >= 0.6 is 0 Å². The molecule has 9 heteroatoms. The number of carbonyl (C=O) groups excluding carboxylic acids is 1. The van der Waals surface area contributed by atoms with E-state index in [9.17, 15) is 9.90 Å². The number of carbonyl (C=O) groups is 1. The Labute approximate surface area is 211 Å². The van der Waals surface area contributed by atoms with Crippen LogP contribution in [0.25, 0.3) is 0 Å². The molecule has 36 heavy (non-hydrogen) atoms. The maximum absolute atomic E-state index is 12.6. The highest BCUT2D eigenvalue weighted by Crippen LogP contribution is 2.25. The van der Waals surface area contributed by atoms with E-state index >= 15 is 0 Å². The van der Waals surface area contributed by atoms with Crippen LogP contribution in [0.1, 0.15) is 46.4 Å². The van der Waals surface area contributed by atoms with Gasteiger partial charge in [-0.05, 0) is 67.1 Å². The summed E-state index contributed by atoms with van der Waals surface area (Å²) in [5.41, 5.74) is 4.09. The molecule has 1 aliphatic heterocycles. The van der Waals surface area contributed by atoms with Crippen LogP contribution in [0.2, 0.25) is 0 Å². The topological polar surface area (TPSA) is 105 Å². The van der Waals surface area contributed by atoms with E-state index in [4.69, 9.17) is 4.74 Å². The Kier molecular flexibility index (Phi) is 7.48. The molecule has 0 spiro atoms. The maximum atomic E-state index is 12.6. The normalized spacial score (nSPS) is 16.6. The molecule has 9 nitrogen and oxygen atoms in total. The van der Waals surface area contributed by atoms with Gasteiger partial charge in [-0.3, -0.25) is 14.4 Å². The maximum Gasteiger partial charge on any atom is 0.251 e. The Balaban J connectivity index is 1.07. The summed E-state index contributed by atoms with van der Waals surface area (Å²) >= 11 is 0. The molecule has 3 heterocycles. The van der Waals surface area contributed by atoms with Gasteiger partial charge < -0.3 is 20.5 Å². The third-order valence-electron chi connectivity index (χ3n) is 7.02. The number of amides is 1. The molecule has 1 saturated carbocycles. The van der Waals surface area contributed by atoms with Crippen molar-refractivity contribution in [3.63, 3.8) is 0 Å². The predicted octanol–water partition coefficient (Wildman–Crippen LogP) is 2.51. The summed E-state index contributed by atoms with van der Waals surface area (Å²) in [6.07, 6.45) is 7.19. The van der Waals surface area contributed by atoms with E-state index in [-0.39, 0.29) is 12.5 Å². The summed E-state index contributed by atoms with van der Waals surface area (Å²) in [4.78, 5) is 19.1. The third kappa shape index (κ3) is 6.03. The fraction of sp³-hybridized carbons (Fsp3) is 0.444. The van der Waals surface area contributed by atoms with Crippen molar-refractivity contribution in [3.8, 4) is 5.75 Å². The van der Waals surface area contributed by atoms with Crippen LogP contribution in [-0.4, -0.2) is 62.5 Å². The minimum atomic E-state index is -0.647. The molecule has 1 atom stereocenters. The molecule has 0 bridgehead atoms. The van der Waals surface area contributed by atoms with Gasteiger partial charge in [0.15, 0.2) is 0 Å². The first-order chi connectivity index (χ1) is 17.5. The second-order valence-electron chi connectivity index (χ2n) is 9.72. The monoisotopic (exact) mass is 490 g/mol. The van der Waals surface area contributed by atoms with Crippen LogP contribution in [0.3, 0.4) is 0 Å². The third-order valence-corrected chi connectivity index (χ3v) is 7.02. The number of fused-ring (bicyclic) bond motifs is 1. The van der Waals surface area contributed by atoms with Crippen LogP contribution in [0.15, 0.2) is 48.8 Å². The summed E-state index contributed by atoms with van der Waals surface area (Å²) in [5, 5.41) is 21.0. The lowest BCUT2D eigenvalue weighted by molar-refractivity contribution is 0.0841. The van der Waals surface area contributed by atoms with E-state index < -0.39 is 6.10 Å². The average Bonchev–Trinajstić information content (AvgIpc) is 3.28. The number of anilines is 1. The number of nitrogens with zero attached hydrogens (tertiary/aromatic N) is 4. The van der Waals surface area contributed by atoms with E-state index in [1.165, 1.54) is 17.5 Å². The van der Waals surface area contributed by atoms with Gasteiger partial charge in [0.1, 0.15) is 18.2 Å². The fourth-order valence-corrected chi connectivity index (χ4v) is 4.62. The lowest BCUT2D eigenvalue weighted by atomic mass is 9.93. The first kappa shape index (κ1) is 24.3. The number of pyridine rings is 1. The lowest BCUT2D eigenvalue weighted by Crippen LogP contribution is -2.42. The summed E-state index contributed by atoms with van der Waals surface area (Å²) in [6, 6.07) is 12.1. The van der Waals surface area contributed by atoms with Crippen LogP contribution in [0, 0.1) is 0 Å². The van der Waals surface area contributed by atoms with Gasteiger partial charge >= 0.3 is 0 Å². The van der Waals surface area contributed by atoms with E-state index in [1.807, 2.05) is 23.9 Å². The molecular weight excluding hydrogens is 456 g/mol. The number of rotatable bonds is 10. The van der Waals surface area contributed by atoms with Gasteiger partial charge in [-0.1, -0.05) is 6.07 Å². The Morgan fingerprint density at radius 2 is 2.08 bits per heavy atom. The molecule has 3 aromatic rings. The van der Waals surface area contributed by atoms with Crippen molar-refractivity contribution in [2.24, 2.45) is 7.05 Å². The van der Waals surface area contributed by atoms with Gasteiger partial charge in [0.05, 0.1) is 11.8 Å². The number of β-amino-alcohol motifs (C(OH)–C–C–N with tert-alkyl or cyclic N) is 1. The first-order valence-corrected chi connectivity index (χ1v) is 12.7. The van der Waals surface area contributed by atoms with E-state index in [2.05, 4.69) is 37.7 Å². The van der Waals surface area contributed by atoms with E-state index in [0.29, 0.717) is 24.8 Å². The first-order valence-electron chi connectivity index (χ1n) is 12.7. The highest BCUT2D eigenvalue weighted by Gasteiger charge is 2.21. The number of aromatic nitrogens is 3. The number of hydrogen-bond donors (Lipinski definition) is 3. The number of aryl methyl sites for hydroxylation is 1. The second kappa shape index (κ2) is 11.1. The summed E-state index contributed by atoms with van der Waals surface area (Å²) in [7, 11) is 1.91. The minimum absolute atomic E-state index is 0.198. The molecule has 0 radical (unpaired) electrons. The average molecular weight is 491 g/mol. The van der Waals surface area contributed by atoms with Crippen LogP contribution in [0.5, 0.6) is 5.75 Å². The minimum Gasteiger partial charge on any atom is -0.487 e. The quantitative estimate of drug-likeness (QED) is 0.401. The Bertz CT molecular complexity index is 1190. The van der Waals surface area contributed by atoms with Crippen molar-refractivity contribution < 1.29 is 14.6 Å². The van der Waals surface area contributed by atoms with Crippen LogP contribution < -0.4 is 15.4 Å². The van der Waals surface area contributed by atoms with Crippen molar-refractivity contribution in [1.82, 2.24) is 25.0 Å².